The summed E-state index contributed by atoms with van der Waals surface area (Å²) in [5.41, 5.74) is 5.64. The van der Waals surface area contributed by atoms with Crippen molar-refractivity contribution in [3.05, 3.63) is 73.7 Å². The molecule has 0 radical (unpaired) electrons. The molecule has 2 aromatic rings. The molecule has 2 aromatic carbocycles. The number of nitrogens with two attached hydrogens (primary N) is 1. The number of hydrogen-bond acceptors (Lipinski definition) is 4. The van der Waals surface area contributed by atoms with Crippen LogP contribution in [0.2, 0.25) is 0 Å². The standard InChI is InChI=1S/C15H10NO3.CH3.2U/c16-11-7-5-10(6-8-11)14(18)15(9-19-15)12-3-1-2-4-13(12)17;;;/h1,3-5,7-9,17H,16H2;1H3;;/q-3;-1;2*+2. The average Bonchev–Trinajstić information content (AvgIpc) is 3.21. The first-order valence-electron chi connectivity index (χ1n) is 5.67. The minimum atomic E-state index is -1.22. The Morgan fingerprint density at radius 1 is 1.27 bits per heavy atom. The number of Topliss-reactive ketones (excluding diaryl/α,β-unsaturated/α-hetero) is 1. The van der Waals surface area contributed by atoms with Gasteiger partial charge in [0.05, 0.1) is 5.78 Å². The molecule has 1 aliphatic rings. The Bertz CT molecular complexity index is 640. The molecule has 1 heterocycles. The number of aromatic hydroxyl groups is 1. The van der Waals surface area contributed by atoms with E-state index in [-0.39, 0.29) is 81.2 Å². The van der Waals surface area contributed by atoms with E-state index in [1.165, 1.54) is 18.7 Å². The monoisotopic (exact) mass is 743 g/mol. The van der Waals surface area contributed by atoms with E-state index in [9.17, 15) is 9.90 Å². The van der Waals surface area contributed by atoms with Gasteiger partial charge in [-0.25, -0.2) is 0 Å². The Labute approximate surface area is 177 Å². The SMILES string of the molecule is Nc1c[c-]c(C(=O)C2(c3cc[c-]cc3O)[CH-]O2)cc1.[CH3-].[U+2].[U+2]. The topological polar surface area (TPSA) is 75.9 Å². The van der Waals surface area contributed by atoms with Crippen LogP contribution in [0.1, 0.15) is 15.9 Å². The number of phenolic OH excluding ortho intramolecular Hbond substituents is 1. The molecule has 1 saturated heterocycles. The summed E-state index contributed by atoms with van der Waals surface area (Å²) >= 11 is 0. The summed E-state index contributed by atoms with van der Waals surface area (Å²) in [6, 6.07) is 14.9. The molecule has 0 aromatic heterocycles. The van der Waals surface area contributed by atoms with Crippen molar-refractivity contribution < 1.29 is 76.9 Å². The van der Waals surface area contributed by atoms with Crippen molar-refractivity contribution in [2.45, 2.75) is 5.60 Å². The minimum absolute atomic E-state index is 0. The molecule has 1 atom stereocenters. The van der Waals surface area contributed by atoms with Crippen molar-refractivity contribution in [1.29, 1.82) is 0 Å². The summed E-state index contributed by atoms with van der Waals surface area (Å²) in [6.07, 6.45) is 0. The van der Waals surface area contributed by atoms with Crippen LogP contribution in [0, 0.1) is 88.4 Å². The summed E-state index contributed by atoms with van der Waals surface area (Å²) in [6.45, 7) is 1.40. The van der Waals surface area contributed by atoms with Gasteiger partial charge in [-0.15, -0.1) is 41.5 Å². The van der Waals surface area contributed by atoms with Gasteiger partial charge in [-0.1, -0.05) is 5.69 Å². The van der Waals surface area contributed by atoms with Gasteiger partial charge in [0.15, 0.2) is 0 Å². The van der Waals surface area contributed by atoms with Crippen LogP contribution in [-0.4, -0.2) is 10.9 Å². The summed E-state index contributed by atoms with van der Waals surface area (Å²) < 4.78 is 5.21. The number of ether oxygens (including phenoxy) is 1. The van der Waals surface area contributed by atoms with Gasteiger partial charge < -0.3 is 27.8 Å². The molecule has 0 spiro atoms. The van der Waals surface area contributed by atoms with Gasteiger partial charge >= 0.3 is 62.2 Å². The Balaban J connectivity index is 0.00000147. The first kappa shape index (κ1) is 21.8. The number of benzene rings is 2. The Morgan fingerprint density at radius 2 is 1.95 bits per heavy atom. The second-order valence-corrected chi connectivity index (χ2v) is 4.28. The molecule has 3 rings (SSSR count). The molecular weight excluding hydrogens is 730 g/mol. The fraction of sp³-hybridized carbons (Fsp3) is 0.0625. The molecule has 1 aliphatic heterocycles. The van der Waals surface area contributed by atoms with Crippen molar-refractivity contribution in [3.63, 3.8) is 0 Å². The fourth-order valence-electron chi connectivity index (χ4n) is 1.93. The van der Waals surface area contributed by atoms with Crippen LogP contribution < -0.4 is 5.73 Å². The molecule has 3 N–H and O–H groups in total. The fourth-order valence-corrected chi connectivity index (χ4v) is 1.93. The normalized spacial score (nSPS) is 18.2. The van der Waals surface area contributed by atoms with Gasteiger partial charge in [-0.3, -0.25) is 0 Å². The zero-order valence-electron chi connectivity index (χ0n) is 11.9. The Morgan fingerprint density at radius 3 is 2.45 bits per heavy atom. The molecule has 108 valence electrons. The number of rotatable bonds is 3. The maximum absolute atomic E-state index is 12.4. The number of anilines is 1. The van der Waals surface area contributed by atoms with Crippen molar-refractivity contribution in [2.24, 2.45) is 0 Å². The molecular formula is C16H13NO3U2. The molecule has 22 heavy (non-hydrogen) atoms. The molecule has 4 nitrogen and oxygen atoms in total. The number of carbonyl (C=O) groups excluding carboxylic acids is 1. The van der Waals surface area contributed by atoms with Crippen LogP contribution in [0.25, 0.3) is 0 Å². The van der Waals surface area contributed by atoms with Crippen molar-refractivity contribution >= 4 is 11.5 Å². The number of ketones is 1. The van der Waals surface area contributed by atoms with E-state index in [2.05, 4.69) is 12.1 Å². The summed E-state index contributed by atoms with van der Waals surface area (Å²) in [5, 5.41) is 9.81. The zero-order valence-corrected chi connectivity index (χ0v) is 20.2. The van der Waals surface area contributed by atoms with E-state index in [0.29, 0.717) is 16.8 Å². The summed E-state index contributed by atoms with van der Waals surface area (Å²) in [7, 11) is 0. The first-order valence-corrected chi connectivity index (χ1v) is 5.67. The predicted octanol–water partition coefficient (Wildman–Crippen LogP) is 2.30. The third-order valence-electron chi connectivity index (χ3n) is 3.01. The van der Waals surface area contributed by atoms with Crippen LogP contribution in [-0.2, 0) is 10.3 Å². The number of phenols is 1. The summed E-state index contributed by atoms with van der Waals surface area (Å²) in [5.74, 6) is -0.311. The van der Waals surface area contributed by atoms with Gasteiger partial charge in [0.25, 0.3) is 0 Å². The molecule has 1 fully saturated rings. The van der Waals surface area contributed by atoms with E-state index in [1.54, 1.807) is 24.3 Å². The average molecular weight is 743 g/mol. The quantitative estimate of drug-likeness (QED) is 0.219. The van der Waals surface area contributed by atoms with Crippen LogP contribution in [0.5, 0.6) is 5.75 Å². The van der Waals surface area contributed by atoms with Gasteiger partial charge in [0.1, 0.15) is 0 Å². The van der Waals surface area contributed by atoms with Gasteiger partial charge in [0.2, 0.25) is 0 Å². The number of carbonyl (C=O) groups is 1. The van der Waals surface area contributed by atoms with Gasteiger partial charge in [0, 0.05) is 5.75 Å². The Kier molecular flexibility index (Phi) is 8.49. The molecule has 0 amide bonds. The second kappa shape index (κ2) is 8.58. The largest absolute Gasteiger partial charge is 2.00 e. The zero-order chi connectivity index (χ0) is 13.5. The van der Waals surface area contributed by atoms with Gasteiger partial charge in [-0.05, 0) is 5.60 Å². The molecule has 0 saturated carbocycles. The molecule has 0 aliphatic carbocycles. The molecule has 1 unspecified atom stereocenters. The van der Waals surface area contributed by atoms with Crippen LogP contribution >= 0.6 is 0 Å². The predicted molar refractivity (Wildman–Crippen MR) is 74.4 cm³/mol. The number of epoxide rings is 1. The maximum atomic E-state index is 12.4. The Hall–Kier alpha value is -0.226. The third-order valence-corrected chi connectivity index (χ3v) is 3.01. The van der Waals surface area contributed by atoms with E-state index in [4.69, 9.17) is 10.5 Å². The van der Waals surface area contributed by atoms with Crippen LogP contribution in [0.4, 0.5) is 5.69 Å². The van der Waals surface area contributed by atoms with E-state index < -0.39 is 5.60 Å². The van der Waals surface area contributed by atoms with E-state index >= 15 is 0 Å². The third kappa shape index (κ3) is 3.99. The van der Waals surface area contributed by atoms with E-state index in [1.807, 2.05) is 0 Å². The first-order chi connectivity index (χ1) is 9.13. The van der Waals surface area contributed by atoms with Gasteiger partial charge in [-0.2, -0.15) is 24.8 Å². The molecule has 0 bridgehead atoms. The van der Waals surface area contributed by atoms with E-state index in [0.717, 1.165) is 0 Å². The minimum Gasteiger partial charge on any atom is -0.566 e. The summed E-state index contributed by atoms with van der Waals surface area (Å²) in [4.78, 5) is 12.4. The second-order valence-electron chi connectivity index (χ2n) is 4.28. The molecule has 6 heteroatoms. The maximum Gasteiger partial charge on any atom is 2.00 e. The van der Waals surface area contributed by atoms with Crippen LogP contribution in [0.15, 0.2) is 36.4 Å². The number of hydrogen-bond donors (Lipinski definition) is 2. The van der Waals surface area contributed by atoms with Crippen molar-refractivity contribution in [1.82, 2.24) is 0 Å². The van der Waals surface area contributed by atoms with Crippen molar-refractivity contribution in [3.8, 4) is 5.75 Å². The number of nitrogen functional groups attached to an aromatic ring is 1. The van der Waals surface area contributed by atoms with Crippen LogP contribution in [0.3, 0.4) is 0 Å². The smallest absolute Gasteiger partial charge is 0.566 e. The van der Waals surface area contributed by atoms with Crippen molar-refractivity contribution in [2.75, 3.05) is 5.73 Å².